The Morgan fingerprint density at radius 3 is 1.00 bits per heavy atom. The van der Waals surface area contributed by atoms with Crippen molar-refractivity contribution in [2.75, 3.05) is 0 Å². The van der Waals surface area contributed by atoms with Crippen LogP contribution in [-0.2, 0) is 32.7 Å². The molecule has 0 saturated carbocycles. The Morgan fingerprint density at radius 2 is 1.00 bits per heavy atom. The summed E-state index contributed by atoms with van der Waals surface area (Å²) in [7, 11) is 0. The van der Waals surface area contributed by atoms with Crippen molar-refractivity contribution >= 4 is 28.3 Å². The van der Waals surface area contributed by atoms with Crippen molar-refractivity contribution in [2.24, 2.45) is 0 Å². The molecule has 1 radical (unpaired) electrons. The van der Waals surface area contributed by atoms with Crippen LogP contribution in [0.3, 0.4) is 0 Å². The average Bonchev–Trinajstić information content (AvgIpc) is 0. The molecule has 25 valence electrons. The molecule has 0 rings (SSSR count). The molecule has 0 aliphatic heterocycles. The summed E-state index contributed by atoms with van der Waals surface area (Å²) in [4.78, 5) is 0. The van der Waals surface area contributed by atoms with Gasteiger partial charge in [0.25, 0.3) is 0 Å². The van der Waals surface area contributed by atoms with E-state index in [2.05, 4.69) is 0 Å². The van der Waals surface area contributed by atoms with Gasteiger partial charge in [-0.05, 0) is 11.0 Å². The third-order valence-electron chi connectivity index (χ3n) is 0. The Kier molecular flexibility index (Phi) is 218. The average molecular weight is 169 g/mol. The molecule has 4 heavy (non-hydrogen) atoms. The van der Waals surface area contributed by atoms with Crippen molar-refractivity contribution in [3.63, 3.8) is 0 Å². The van der Waals surface area contributed by atoms with Crippen molar-refractivity contribution in [1.82, 2.24) is 0 Å². The van der Waals surface area contributed by atoms with Gasteiger partial charge in [0.05, 0.1) is 0 Å². The molecular weight excluding hydrogens is 160 g/mol. The first kappa shape index (κ1) is 41.0. The van der Waals surface area contributed by atoms with Gasteiger partial charge in [-0.15, -0.1) is 0 Å². The normalized spacial score (nSPS) is 0. The van der Waals surface area contributed by atoms with E-state index >= 15 is 0 Å². The van der Waals surface area contributed by atoms with Gasteiger partial charge in [-0.1, -0.05) is 0 Å². The second-order valence-corrected chi connectivity index (χ2v) is 0. The van der Waals surface area contributed by atoms with Crippen LogP contribution in [0.2, 0.25) is 0 Å². The standard InChI is InChI=1S/Al.H2O.H4Si.Y.3H/h;1H2;1H4;;;;. The molecule has 0 atom stereocenters. The van der Waals surface area contributed by atoms with E-state index in [4.69, 9.17) is 0 Å². The molecule has 2 N–H and O–H groups in total. The largest absolute Gasteiger partial charge is 0.412 e. The van der Waals surface area contributed by atoms with Gasteiger partial charge in [0, 0.05) is 32.7 Å². The minimum atomic E-state index is 0. The smallest absolute Gasteiger partial charge is 0.187 e. The van der Waals surface area contributed by atoms with Crippen LogP contribution in [-0.4, -0.2) is 33.8 Å². The fourth-order valence-corrected chi connectivity index (χ4v) is 0. The van der Waals surface area contributed by atoms with E-state index < -0.39 is 0 Å². The van der Waals surface area contributed by atoms with E-state index in [1.54, 1.807) is 0 Å². The molecule has 0 aliphatic rings. The van der Waals surface area contributed by atoms with Gasteiger partial charge in [-0.2, -0.15) is 0 Å². The van der Waals surface area contributed by atoms with Gasteiger partial charge in [-0.25, -0.2) is 0 Å². The second kappa shape index (κ2) is 21.3. The van der Waals surface area contributed by atoms with E-state index in [-0.39, 0.29) is 66.5 Å². The summed E-state index contributed by atoms with van der Waals surface area (Å²) in [6.45, 7) is 0. The maximum Gasteiger partial charge on any atom is 0.187 e. The first-order chi connectivity index (χ1) is 0. The van der Waals surface area contributed by atoms with Crippen LogP contribution < -0.4 is 0 Å². The fraction of sp³-hybridized carbons (Fsp3) is 0. The molecule has 0 fully saturated rings. The zero-order valence-electron chi connectivity index (χ0n) is 1.08. The van der Waals surface area contributed by atoms with Crippen LogP contribution in [0.1, 0.15) is 0 Å². The maximum absolute atomic E-state index is 0. The van der Waals surface area contributed by atoms with Gasteiger partial charge in [-0.3, -0.25) is 0 Å². The first-order valence-electron chi connectivity index (χ1n) is 0. The van der Waals surface area contributed by atoms with Crippen molar-refractivity contribution < 1.29 is 38.2 Å². The van der Waals surface area contributed by atoms with Gasteiger partial charge >= 0.3 is 0 Å². The number of rotatable bonds is 0. The van der Waals surface area contributed by atoms with Crippen LogP contribution in [0.4, 0.5) is 0 Å². The molecule has 0 aromatic carbocycles. The van der Waals surface area contributed by atoms with E-state index in [1.165, 1.54) is 0 Å². The Balaban J connectivity index is 0. The topological polar surface area (TPSA) is 31.5 Å². The minimum absolute atomic E-state index is 0. The molecule has 0 heterocycles. The van der Waals surface area contributed by atoms with Crippen LogP contribution in [0.5, 0.6) is 0 Å². The SMILES string of the molecule is O.[AlH3].[SiH4].[Y]. The van der Waals surface area contributed by atoms with Gasteiger partial charge in [0.15, 0.2) is 17.4 Å². The molecule has 0 saturated heterocycles. The van der Waals surface area contributed by atoms with Crippen molar-refractivity contribution in [3.05, 3.63) is 0 Å². The Labute approximate surface area is 65.9 Å². The first-order valence-corrected chi connectivity index (χ1v) is 0. The van der Waals surface area contributed by atoms with Gasteiger partial charge in [0.1, 0.15) is 0 Å². The molecule has 0 aromatic rings. The quantitative estimate of drug-likeness (QED) is 0.337. The molecule has 0 spiro atoms. The summed E-state index contributed by atoms with van der Waals surface area (Å²) in [5, 5.41) is 0. The molecule has 4 heteroatoms. The monoisotopic (exact) mass is 169 g/mol. The summed E-state index contributed by atoms with van der Waals surface area (Å²) in [6.07, 6.45) is 0. The summed E-state index contributed by atoms with van der Waals surface area (Å²) in [5.41, 5.74) is 0. The molecular formula is H9AlOSiY. The number of hydrogen-bond acceptors (Lipinski definition) is 0. The second-order valence-electron chi connectivity index (χ2n) is 0. The third-order valence-corrected chi connectivity index (χ3v) is 0. The van der Waals surface area contributed by atoms with E-state index in [9.17, 15) is 0 Å². The Morgan fingerprint density at radius 1 is 1.00 bits per heavy atom. The zero-order valence-corrected chi connectivity index (χ0v) is 3.92. The van der Waals surface area contributed by atoms with Crippen molar-refractivity contribution in [2.45, 2.75) is 0 Å². The van der Waals surface area contributed by atoms with E-state index in [1.807, 2.05) is 0 Å². The van der Waals surface area contributed by atoms with E-state index in [0.717, 1.165) is 0 Å². The third kappa shape index (κ3) is 9.18. The van der Waals surface area contributed by atoms with Crippen LogP contribution in [0, 0.1) is 0 Å². The summed E-state index contributed by atoms with van der Waals surface area (Å²) >= 11 is 0. The molecule has 0 aromatic heterocycles. The zero-order chi connectivity index (χ0) is 0. The predicted molar refractivity (Wildman–Crippen MR) is 24.9 cm³/mol. The fourth-order valence-electron chi connectivity index (χ4n) is 0. The van der Waals surface area contributed by atoms with Crippen molar-refractivity contribution in [3.8, 4) is 0 Å². The summed E-state index contributed by atoms with van der Waals surface area (Å²) in [5.74, 6) is 0. The predicted octanol–water partition coefficient (Wildman–Crippen LogP) is -3.46. The summed E-state index contributed by atoms with van der Waals surface area (Å²) in [6, 6.07) is 0. The molecule has 0 unspecified atom stereocenters. The van der Waals surface area contributed by atoms with Crippen LogP contribution in [0.25, 0.3) is 0 Å². The number of hydrogen-bond donors (Lipinski definition) is 0. The van der Waals surface area contributed by atoms with Crippen molar-refractivity contribution in [1.29, 1.82) is 0 Å². The van der Waals surface area contributed by atoms with Gasteiger partial charge < -0.3 is 5.48 Å². The molecule has 1 nitrogen and oxygen atoms in total. The Bertz CT molecular complexity index is 8.00. The van der Waals surface area contributed by atoms with Crippen LogP contribution in [0.15, 0.2) is 0 Å². The molecule has 0 bridgehead atoms. The summed E-state index contributed by atoms with van der Waals surface area (Å²) < 4.78 is 0. The minimum Gasteiger partial charge on any atom is -0.412 e. The van der Waals surface area contributed by atoms with Gasteiger partial charge in [0.2, 0.25) is 0 Å². The maximum atomic E-state index is 0. The molecule has 0 amide bonds. The molecule has 0 aliphatic carbocycles. The van der Waals surface area contributed by atoms with Crippen LogP contribution >= 0.6 is 0 Å². The Hall–Kier alpha value is 1.81. The van der Waals surface area contributed by atoms with E-state index in [0.29, 0.717) is 0 Å².